The molecule has 1 aromatic heterocycles. The quantitative estimate of drug-likeness (QED) is 0.875. The lowest BCUT2D eigenvalue weighted by Crippen LogP contribution is -2.50. The second-order valence-electron chi connectivity index (χ2n) is 5.78. The average molecular weight is 292 g/mol. The molecule has 1 amide bonds. The lowest BCUT2D eigenvalue weighted by Gasteiger charge is -2.35. The molecule has 0 spiro atoms. The summed E-state index contributed by atoms with van der Waals surface area (Å²) in [6.45, 7) is 5.58. The minimum absolute atomic E-state index is 0.0180. The number of anilines is 1. The maximum atomic E-state index is 12.2. The SMILES string of the molecule is CC(C)(CC(=O)N1CCN(c2ncccn2)CC1)C(=O)O. The van der Waals surface area contributed by atoms with Crippen molar-refractivity contribution in [3.63, 3.8) is 0 Å². The highest BCUT2D eigenvalue weighted by molar-refractivity contribution is 5.84. The molecular formula is C14H20N4O3. The summed E-state index contributed by atoms with van der Waals surface area (Å²) >= 11 is 0. The van der Waals surface area contributed by atoms with E-state index in [2.05, 4.69) is 9.97 Å². The van der Waals surface area contributed by atoms with Crippen molar-refractivity contribution in [2.45, 2.75) is 20.3 Å². The molecule has 0 aliphatic carbocycles. The van der Waals surface area contributed by atoms with Crippen LogP contribution in [0.3, 0.4) is 0 Å². The number of hydrogen-bond donors (Lipinski definition) is 1. The van der Waals surface area contributed by atoms with Crippen molar-refractivity contribution in [1.82, 2.24) is 14.9 Å². The van der Waals surface area contributed by atoms with Crippen LogP contribution in [0.2, 0.25) is 0 Å². The number of hydrogen-bond acceptors (Lipinski definition) is 5. The molecular weight excluding hydrogens is 272 g/mol. The van der Waals surface area contributed by atoms with Gasteiger partial charge < -0.3 is 14.9 Å². The predicted molar refractivity (Wildman–Crippen MR) is 76.9 cm³/mol. The molecule has 2 heterocycles. The maximum Gasteiger partial charge on any atom is 0.309 e. The molecule has 0 radical (unpaired) electrons. The fraction of sp³-hybridized carbons (Fsp3) is 0.571. The highest BCUT2D eigenvalue weighted by Crippen LogP contribution is 2.22. The van der Waals surface area contributed by atoms with Crippen LogP contribution < -0.4 is 4.90 Å². The van der Waals surface area contributed by atoms with Gasteiger partial charge in [0.1, 0.15) is 0 Å². The van der Waals surface area contributed by atoms with Crippen LogP contribution in [0.5, 0.6) is 0 Å². The van der Waals surface area contributed by atoms with E-state index in [1.165, 1.54) is 0 Å². The summed E-state index contributed by atoms with van der Waals surface area (Å²) in [6, 6.07) is 1.76. The summed E-state index contributed by atoms with van der Waals surface area (Å²) in [6.07, 6.45) is 3.40. The zero-order chi connectivity index (χ0) is 15.5. The van der Waals surface area contributed by atoms with Gasteiger partial charge in [-0.15, -0.1) is 0 Å². The largest absolute Gasteiger partial charge is 0.481 e. The first-order valence-corrected chi connectivity index (χ1v) is 6.93. The molecule has 1 aromatic rings. The second kappa shape index (κ2) is 6.07. The second-order valence-corrected chi connectivity index (χ2v) is 5.78. The fourth-order valence-corrected chi connectivity index (χ4v) is 2.18. The van der Waals surface area contributed by atoms with Crippen molar-refractivity contribution in [3.05, 3.63) is 18.5 Å². The van der Waals surface area contributed by atoms with E-state index in [4.69, 9.17) is 5.11 Å². The van der Waals surface area contributed by atoms with E-state index in [1.807, 2.05) is 4.90 Å². The molecule has 21 heavy (non-hydrogen) atoms. The molecule has 0 aromatic carbocycles. The van der Waals surface area contributed by atoms with Gasteiger partial charge in [-0.2, -0.15) is 0 Å². The number of carbonyl (C=O) groups is 2. The van der Waals surface area contributed by atoms with E-state index in [-0.39, 0.29) is 12.3 Å². The van der Waals surface area contributed by atoms with Crippen LogP contribution in [0.25, 0.3) is 0 Å². The van der Waals surface area contributed by atoms with E-state index in [0.29, 0.717) is 32.1 Å². The molecule has 1 aliphatic rings. The van der Waals surface area contributed by atoms with E-state index in [9.17, 15) is 9.59 Å². The number of rotatable bonds is 4. The first-order chi connectivity index (χ1) is 9.90. The summed E-state index contributed by atoms with van der Waals surface area (Å²) in [5.74, 6) is -0.404. The van der Waals surface area contributed by atoms with Gasteiger partial charge in [-0.05, 0) is 19.9 Å². The number of aliphatic carboxylic acids is 1. The molecule has 7 heteroatoms. The van der Waals surface area contributed by atoms with Crippen LogP contribution in [0.15, 0.2) is 18.5 Å². The first kappa shape index (κ1) is 15.2. The Bertz CT molecular complexity index is 510. The molecule has 1 aliphatic heterocycles. The van der Waals surface area contributed by atoms with Crippen LogP contribution in [-0.4, -0.2) is 58.0 Å². The number of carbonyl (C=O) groups excluding carboxylic acids is 1. The number of carboxylic acid groups (broad SMARTS) is 1. The summed E-state index contributed by atoms with van der Waals surface area (Å²) in [5, 5.41) is 9.08. The molecule has 0 atom stereocenters. The first-order valence-electron chi connectivity index (χ1n) is 6.93. The van der Waals surface area contributed by atoms with Gasteiger partial charge in [0.15, 0.2) is 0 Å². The molecule has 114 valence electrons. The van der Waals surface area contributed by atoms with Crippen molar-refractivity contribution in [2.24, 2.45) is 5.41 Å². The number of piperazine rings is 1. The summed E-state index contributed by atoms with van der Waals surface area (Å²) in [4.78, 5) is 35.4. The van der Waals surface area contributed by atoms with Crippen LogP contribution >= 0.6 is 0 Å². The third-order valence-corrected chi connectivity index (χ3v) is 3.64. The number of aromatic nitrogens is 2. The van der Waals surface area contributed by atoms with Gasteiger partial charge in [0, 0.05) is 45.0 Å². The molecule has 0 unspecified atom stereocenters. The number of carboxylic acids is 1. The van der Waals surface area contributed by atoms with Gasteiger partial charge in [0.25, 0.3) is 0 Å². The summed E-state index contributed by atoms with van der Waals surface area (Å²) in [7, 11) is 0. The Morgan fingerprint density at radius 1 is 1.19 bits per heavy atom. The Balaban J connectivity index is 1.89. The van der Waals surface area contributed by atoms with E-state index < -0.39 is 11.4 Å². The topological polar surface area (TPSA) is 86.6 Å². The smallest absolute Gasteiger partial charge is 0.309 e. The highest BCUT2D eigenvalue weighted by atomic mass is 16.4. The van der Waals surface area contributed by atoms with Crippen LogP contribution in [0.4, 0.5) is 5.95 Å². The van der Waals surface area contributed by atoms with Crippen molar-refractivity contribution in [3.8, 4) is 0 Å². The van der Waals surface area contributed by atoms with Gasteiger partial charge >= 0.3 is 5.97 Å². The Morgan fingerprint density at radius 3 is 2.29 bits per heavy atom. The molecule has 0 saturated carbocycles. The van der Waals surface area contributed by atoms with Gasteiger partial charge in [-0.25, -0.2) is 9.97 Å². The Labute approximate surface area is 123 Å². The summed E-state index contributed by atoms with van der Waals surface area (Å²) in [5.41, 5.74) is -1.03. The fourth-order valence-electron chi connectivity index (χ4n) is 2.18. The van der Waals surface area contributed by atoms with Gasteiger partial charge in [-0.3, -0.25) is 9.59 Å². The Kier molecular flexibility index (Phi) is 4.40. The Hall–Kier alpha value is -2.18. The van der Waals surface area contributed by atoms with Gasteiger partial charge in [0.05, 0.1) is 5.41 Å². The molecule has 1 N–H and O–H groups in total. The van der Waals surface area contributed by atoms with Crippen LogP contribution in [0, 0.1) is 5.41 Å². The van der Waals surface area contributed by atoms with Crippen molar-refractivity contribution in [1.29, 1.82) is 0 Å². The Morgan fingerprint density at radius 2 is 1.76 bits per heavy atom. The van der Waals surface area contributed by atoms with E-state index in [0.717, 1.165) is 0 Å². The average Bonchev–Trinajstić information content (AvgIpc) is 2.48. The minimum atomic E-state index is -1.03. The predicted octanol–water partition coefficient (Wildman–Crippen LogP) is 0.626. The molecule has 7 nitrogen and oxygen atoms in total. The molecule has 0 bridgehead atoms. The van der Waals surface area contributed by atoms with Crippen LogP contribution in [0.1, 0.15) is 20.3 Å². The van der Waals surface area contributed by atoms with Crippen molar-refractivity contribution < 1.29 is 14.7 Å². The lowest BCUT2D eigenvalue weighted by molar-refractivity contribution is -0.151. The minimum Gasteiger partial charge on any atom is -0.481 e. The van der Waals surface area contributed by atoms with Gasteiger partial charge in [-0.1, -0.05) is 0 Å². The third-order valence-electron chi connectivity index (χ3n) is 3.64. The molecule has 2 rings (SSSR count). The third kappa shape index (κ3) is 3.68. The number of amides is 1. The standard InChI is InChI=1S/C14H20N4O3/c1-14(2,12(20)21)10-11(19)17-6-8-18(9-7-17)13-15-4-3-5-16-13/h3-5H,6-10H2,1-2H3,(H,20,21). The van der Waals surface area contributed by atoms with Gasteiger partial charge in [0.2, 0.25) is 11.9 Å². The van der Waals surface area contributed by atoms with Crippen molar-refractivity contribution in [2.75, 3.05) is 31.1 Å². The highest BCUT2D eigenvalue weighted by Gasteiger charge is 2.33. The lowest BCUT2D eigenvalue weighted by atomic mass is 9.89. The zero-order valence-corrected chi connectivity index (χ0v) is 12.3. The maximum absolute atomic E-state index is 12.2. The monoisotopic (exact) mass is 292 g/mol. The number of nitrogens with zero attached hydrogens (tertiary/aromatic N) is 4. The molecule has 1 saturated heterocycles. The normalized spacial score (nSPS) is 15.9. The van der Waals surface area contributed by atoms with Crippen molar-refractivity contribution >= 4 is 17.8 Å². The molecule has 1 fully saturated rings. The van der Waals surface area contributed by atoms with Crippen LogP contribution in [-0.2, 0) is 9.59 Å². The summed E-state index contributed by atoms with van der Waals surface area (Å²) < 4.78 is 0. The van der Waals surface area contributed by atoms with E-state index in [1.54, 1.807) is 37.2 Å². The van der Waals surface area contributed by atoms with E-state index >= 15 is 0 Å². The zero-order valence-electron chi connectivity index (χ0n) is 12.3.